The molecule has 2 aliphatic heterocycles. The number of hydrogen-bond donors (Lipinski definition) is 3. The standard InChI is InChI=1S/C35H36N2O11S3.2C6H15N/c1-34(2)27-20-23(33(38)39)14-16-29(27)36(18-9-19-49(40,41)42)31(34)12-6-5-7-13-32-35(3,4)28-22-26(51(46,47)48)15-17-30(28)37(32)24-10-8-11-25(21-24)50(43,44)45;2*1-4-7(5-2)6-3/h5-8,10-17,20-22H,9,18-19H2,1-4H3,(H3-,38,39,40,41,42,43,44,45,46,47,48);2*4-6H2,1-3H3. The van der Waals surface area contributed by atoms with Crippen molar-refractivity contribution in [1.82, 2.24) is 0 Å². The monoisotopic (exact) mass is 958 g/mol. The molecule has 3 aromatic carbocycles. The highest BCUT2D eigenvalue weighted by molar-refractivity contribution is 7.86. The minimum atomic E-state index is -4.81. The number of rotatable bonds is 17. The fraction of sp³-hybridized carbons (Fsp3) is 0.447. The van der Waals surface area contributed by atoms with Crippen molar-refractivity contribution >= 4 is 59.1 Å². The third-order valence-electron chi connectivity index (χ3n) is 12.1. The van der Waals surface area contributed by atoms with Crippen LogP contribution in [0.2, 0.25) is 0 Å². The minimum Gasteiger partial charge on any atom is -0.748 e. The maximum Gasteiger partial charge on any atom is 0.335 e. The lowest BCUT2D eigenvalue weighted by atomic mass is 9.81. The van der Waals surface area contributed by atoms with E-state index in [-0.39, 0.29) is 18.5 Å². The quantitative estimate of drug-likeness (QED) is 0.0968. The number of benzene rings is 3. The Bertz CT molecular complexity index is 2600. The van der Waals surface area contributed by atoms with Crippen molar-refractivity contribution in [3.63, 3.8) is 0 Å². The molecule has 0 atom stereocenters. The summed E-state index contributed by atoms with van der Waals surface area (Å²) in [6, 6.07) is 13.9. The number of fused-ring (bicyclic) bond motifs is 2. The Labute approximate surface area is 386 Å². The van der Waals surface area contributed by atoms with Gasteiger partial charge in [0, 0.05) is 46.7 Å². The molecule has 0 aliphatic carbocycles. The Balaban J connectivity index is 0.000000693. The Morgan fingerprint density at radius 3 is 1.74 bits per heavy atom. The van der Waals surface area contributed by atoms with E-state index in [4.69, 9.17) is 0 Å². The van der Waals surface area contributed by atoms with E-state index < -0.39 is 62.7 Å². The molecule has 0 radical (unpaired) electrons. The third kappa shape index (κ3) is 14.0. The molecule has 18 heteroatoms. The van der Waals surface area contributed by atoms with Crippen molar-refractivity contribution in [3.05, 3.63) is 113 Å². The summed E-state index contributed by atoms with van der Waals surface area (Å²) in [5.41, 5.74) is 2.39. The molecule has 5 rings (SSSR count). The van der Waals surface area contributed by atoms with Crippen LogP contribution < -0.4 is 14.7 Å². The zero-order chi connectivity index (χ0) is 49.1. The summed E-state index contributed by atoms with van der Waals surface area (Å²) >= 11 is 0. The maximum atomic E-state index is 11.9. The van der Waals surface area contributed by atoms with E-state index in [0.717, 1.165) is 11.8 Å². The SMILES string of the molecule is CC1(C)C(/C=C/C=C/C=C2/N(c3cccc(S(=O)(=O)[O-])c3)c3ccc(S(=O)(=O)[O-])cc3C2(C)C)=[N+](CCCS(=O)(=O)[O-])c2ccc(C(=O)O)cc21.CC[NH+](CC)CC.CC[NH+](CC)CC. The molecule has 2 aliphatic rings. The maximum absolute atomic E-state index is 11.9. The number of quaternary nitrogens is 2. The lowest BCUT2D eigenvalue weighted by molar-refractivity contribution is -0.894. The fourth-order valence-corrected chi connectivity index (χ4v) is 9.55. The molecule has 0 saturated carbocycles. The van der Waals surface area contributed by atoms with Gasteiger partial charge in [-0.25, -0.2) is 30.0 Å². The van der Waals surface area contributed by atoms with E-state index in [1.54, 1.807) is 77.1 Å². The van der Waals surface area contributed by atoms with Gasteiger partial charge in [0.15, 0.2) is 5.71 Å². The highest BCUT2D eigenvalue weighted by Crippen LogP contribution is 2.52. The highest BCUT2D eigenvalue weighted by atomic mass is 32.2. The summed E-state index contributed by atoms with van der Waals surface area (Å²) < 4.78 is 107. The van der Waals surface area contributed by atoms with Crippen LogP contribution in [-0.4, -0.2) is 112 Å². The summed E-state index contributed by atoms with van der Waals surface area (Å²) in [6.07, 6.45) is 8.67. The summed E-state index contributed by atoms with van der Waals surface area (Å²) in [5.74, 6) is -1.67. The first-order valence-electron chi connectivity index (χ1n) is 21.9. The van der Waals surface area contributed by atoms with E-state index in [1.165, 1.54) is 75.7 Å². The average molecular weight is 959 g/mol. The van der Waals surface area contributed by atoms with Crippen LogP contribution in [0.25, 0.3) is 0 Å². The predicted molar refractivity (Wildman–Crippen MR) is 251 cm³/mol. The molecule has 15 nitrogen and oxygen atoms in total. The van der Waals surface area contributed by atoms with Crippen LogP contribution >= 0.6 is 0 Å². The van der Waals surface area contributed by atoms with E-state index in [1.807, 2.05) is 18.4 Å². The molecular weight excluding hydrogens is 893 g/mol. The molecule has 3 aromatic rings. The molecule has 0 saturated heterocycles. The minimum absolute atomic E-state index is 0.0387. The van der Waals surface area contributed by atoms with Crippen molar-refractivity contribution in [2.75, 3.05) is 56.5 Å². The molecule has 0 bridgehead atoms. The Kier molecular flexibility index (Phi) is 19.2. The first kappa shape index (κ1) is 54.8. The molecule has 0 spiro atoms. The van der Waals surface area contributed by atoms with Gasteiger partial charge in [-0.1, -0.05) is 38.1 Å². The second-order valence-corrected chi connectivity index (χ2v) is 21.1. The lowest BCUT2D eigenvalue weighted by Gasteiger charge is -2.27. The molecule has 3 N–H and O–H groups in total. The van der Waals surface area contributed by atoms with Crippen LogP contribution in [0.4, 0.5) is 17.1 Å². The van der Waals surface area contributed by atoms with Crippen LogP contribution in [0.5, 0.6) is 0 Å². The Morgan fingerprint density at radius 1 is 0.692 bits per heavy atom. The van der Waals surface area contributed by atoms with Gasteiger partial charge in [-0.05, 0) is 116 Å². The topological polar surface area (TPSA) is 224 Å². The van der Waals surface area contributed by atoms with Crippen molar-refractivity contribution in [3.8, 4) is 0 Å². The number of hydrogen-bond acceptors (Lipinski definition) is 11. The number of carbonyl (C=O) groups is 1. The Morgan fingerprint density at radius 2 is 1.25 bits per heavy atom. The van der Waals surface area contributed by atoms with Gasteiger partial charge in [0.1, 0.15) is 26.8 Å². The van der Waals surface area contributed by atoms with Gasteiger partial charge in [0.25, 0.3) is 0 Å². The van der Waals surface area contributed by atoms with Gasteiger partial charge >= 0.3 is 5.97 Å². The predicted octanol–water partition coefficient (Wildman–Crippen LogP) is 4.49. The van der Waals surface area contributed by atoms with E-state index in [0.29, 0.717) is 33.9 Å². The molecule has 0 fully saturated rings. The molecular formula is C47H66N4O11S3. The smallest absolute Gasteiger partial charge is 0.335 e. The molecule has 0 unspecified atom stereocenters. The van der Waals surface area contributed by atoms with Gasteiger partial charge in [-0.3, -0.25) is 0 Å². The van der Waals surface area contributed by atoms with Gasteiger partial charge in [0.2, 0.25) is 5.69 Å². The van der Waals surface area contributed by atoms with Crippen LogP contribution in [0, 0.1) is 0 Å². The van der Waals surface area contributed by atoms with Crippen molar-refractivity contribution in [1.29, 1.82) is 0 Å². The third-order valence-corrected chi connectivity index (χ3v) is 14.5. The van der Waals surface area contributed by atoms with Crippen LogP contribution in [0.15, 0.2) is 107 Å². The molecule has 2 heterocycles. The summed E-state index contributed by atoms with van der Waals surface area (Å²) in [5, 5.41) is 9.59. The van der Waals surface area contributed by atoms with Gasteiger partial charge in [0.05, 0.1) is 75.8 Å². The normalized spacial score (nSPS) is 16.2. The zero-order valence-electron chi connectivity index (χ0n) is 39.2. The highest BCUT2D eigenvalue weighted by Gasteiger charge is 2.45. The van der Waals surface area contributed by atoms with E-state index >= 15 is 0 Å². The largest absolute Gasteiger partial charge is 0.748 e. The van der Waals surface area contributed by atoms with E-state index in [9.17, 15) is 48.8 Å². The number of allylic oxidation sites excluding steroid dienone is 6. The number of carboxylic acids is 1. The van der Waals surface area contributed by atoms with Crippen molar-refractivity contribution in [2.45, 2.75) is 96.3 Å². The lowest BCUT2D eigenvalue weighted by Crippen LogP contribution is -3.11. The first-order chi connectivity index (χ1) is 30.2. The van der Waals surface area contributed by atoms with Gasteiger partial charge in [-0.15, -0.1) is 0 Å². The molecule has 0 aromatic heterocycles. The summed E-state index contributed by atoms with van der Waals surface area (Å²) in [7, 11) is -14.1. The van der Waals surface area contributed by atoms with Crippen molar-refractivity contribution < 1.29 is 63.2 Å². The summed E-state index contributed by atoms with van der Waals surface area (Å²) in [4.78, 5) is 15.9. The zero-order valence-corrected chi connectivity index (χ0v) is 41.6. The number of nitrogens with zero attached hydrogens (tertiary/aromatic N) is 2. The van der Waals surface area contributed by atoms with Gasteiger partial charge < -0.3 is 33.5 Å². The van der Waals surface area contributed by atoms with Crippen molar-refractivity contribution in [2.24, 2.45) is 0 Å². The average Bonchev–Trinajstić information content (AvgIpc) is 3.59. The van der Waals surface area contributed by atoms with Gasteiger partial charge in [-0.2, -0.15) is 4.58 Å². The Hall–Kier alpha value is -4.53. The first-order valence-corrected chi connectivity index (χ1v) is 26.3. The molecule has 358 valence electrons. The van der Waals surface area contributed by atoms with E-state index in [2.05, 4.69) is 41.5 Å². The number of aromatic carboxylic acids is 1. The fourth-order valence-electron chi connectivity index (χ4n) is 8.06. The molecule has 0 amide bonds. The number of anilines is 2. The summed E-state index contributed by atoms with van der Waals surface area (Å²) in [6.45, 7) is 28.6. The number of nitrogens with one attached hydrogen (secondary N) is 2. The second-order valence-electron chi connectivity index (χ2n) is 16.8. The molecule has 65 heavy (non-hydrogen) atoms. The second kappa shape index (κ2) is 22.8. The van der Waals surface area contributed by atoms with Crippen LogP contribution in [0.3, 0.4) is 0 Å². The van der Waals surface area contributed by atoms with Crippen LogP contribution in [0.1, 0.15) is 97.1 Å². The number of carboxylic acid groups (broad SMARTS) is 1. The van der Waals surface area contributed by atoms with Crippen LogP contribution in [-0.2, 0) is 41.2 Å².